The fraction of sp³-hybridized carbons (Fsp3) is 0.432. The Kier molecular flexibility index (Phi) is 10.7. The molecular weight excluding hydrogens is 974 g/mol. The van der Waals surface area contributed by atoms with E-state index in [1.54, 1.807) is 5.56 Å². The van der Waals surface area contributed by atoms with Gasteiger partial charge in [0.15, 0.2) is 0 Å². The van der Waals surface area contributed by atoms with Crippen LogP contribution in [0.5, 0.6) is 0 Å². The monoisotopic (exact) mass is 1060 g/mol. The molecule has 0 amide bonds. The van der Waals surface area contributed by atoms with Gasteiger partial charge in [0, 0.05) is 65.3 Å². The first-order valence-electron chi connectivity index (χ1n) is 30.3. The molecule has 7 aromatic carbocycles. The van der Waals surface area contributed by atoms with Crippen LogP contribution in [0.4, 0.5) is 39.8 Å². The predicted octanol–water partition coefficient (Wildman–Crippen LogP) is 19.0. The van der Waals surface area contributed by atoms with Gasteiger partial charge in [-0.25, -0.2) is 0 Å². The molecule has 2 aliphatic carbocycles. The summed E-state index contributed by atoms with van der Waals surface area (Å²) in [6.07, 6.45) is 9.69. The highest BCUT2D eigenvalue weighted by Crippen LogP contribution is 2.66. The Labute approximate surface area is 477 Å². The summed E-state index contributed by atoms with van der Waals surface area (Å²) in [4.78, 5) is 8.69. The second-order valence-electron chi connectivity index (χ2n) is 30.4. The van der Waals surface area contributed by atoms with E-state index in [0.717, 1.165) is 12.8 Å². The maximum atomic E-state index is 3.00. The Morgan fingerprint density at radius 2 is 0.975 bits per heavy atom. The van der Waals surface area contributed by atoms with Crippen LogP contribution < -0.4 is 31.1 Å². The summed E-state index contributed by atoms with van der Waals surface area (Å²) in [5, 5.41) is 2.82. The molecular formula is C74H84BN3S. The number of benzene rings is 7. The van der Waals surface area contributed by atoms with Gasteiger partial charge in [-0.1, -0.05) is 189 Å². The van der Waals surface area contributed by atoms with Crippen LogP contribution in [0.15, 0.2) is 121 Å². The summed E-state index contributed by atoms with van der Waals surface area (Å²) in [5.41, 5.74) is 24.8. The van der Waals surface area contributed by atoms with Crippen molar-refractivity contribution in [1.29, 1.82) is 0 Å². The van der Waals surface area contributed by atoms with Crippen molar-refractivity contribution in [3.8, 4) is 11.1 Å². The van der Waals surface area contributed by atoms with Crippen LogP contribution in [0.2, 0.25) is 0 Å². The molecule has 4 atom stereocenters. The van der Waals surface area contributed by atoms with Crippen LogP contribution in [-0.4, -0.2) is 17.8 Å². The molecule has 5 heteroatoms. The maximum absolute atomic E-state index is 3.00. The third kappa shape index (κ3) is 6.96. The number of nitrogens with zero attached hydrogens (tertiary/aromatic N) is 3. The predicted molar refractivity (Wildman–Crippen MR) is 345 cm³/mol. The van der Waals surface area contributed by atoms with E-state index in [1.807, 2.05) is 11.3 Å². The summed E-state index contributed by atoms with van der Waals surface area (Å²) >= 11 is 1.98. The molecule has 2 saturated carbocycles. The van der Waals surface area contributed by atoms with E-state index in [0.29, 0.717) is 0 Å². The van der Waals surface area contributed by atoms with Crippen LogP contribution in [0.3, 0.4) is 0 Å². The third-order valence-electron chi connectivity index (χ3n) is 21.8. The quantitative estimate of drug-likeness (QED) is 0.163. The zero-order chi connectivity index (χ0) is 55.5. The molecule has 0 radical (unpaired) electrons. The SMILES string of the molecule is CC(C)(C)c1ccc(N2c3cc(N4c5ccc(C(C)(C)C)cc5C5(C)CCCCC45C)cc4c3B(c3cc(C(C)(C)C)cc5c3N4C3(C)CCCCC53C)c3c2ccc2sc4ccc(C(C)(C)C)cc4c32)c(-c2ccccc2)c1. The summed E-state index contributed by atoms with van der Waals surface area (Å²) in [5.74, 6) is 0. The van der Waals surface area contributed by atoms with E-state index in [9.17, 15) is 0 Å². The van der Waals surface area contributed by atoms with E-state index >= 15 is 0 Å². The first-order valence-corrected chi connectivity index (χ1v) is 31.1. The maximum Gasteiger partial charge on any atom is 0.253 e. The number of hydrogen-bond donors (Lipinski definition) is 0. The number of fused-ring (bicyclic) bond motifs is 14. The molecule has 14 rings (SSSR count). The minimum Gasteiger partial charge on any atom is -0.335 e. The minimum absolute atomic E-state index is 0.000815. The zero-order valence-electron chi connectivity index (χ0n) is 50.5. The number of hydrogen-bond acceptors (Lipinski definition) is 4. The normalized spacial score (nSPS) is 24.2. The zero-order valence-corrected chi connectivity index (χ0v) is 51.3. The first-order chi connectivity index (χ1) is 37.2. The van der Waals surface area contributed by atoms with Crippen molar-refractivity contribution in [2.45, 2.75) is 206 Å². The van der Waals surface area contributed by atoms with Gasteiger partial charge in [0.1, 0.15) is 0 Å². The lowest BCUT2D eigenvalue weighted by Gasteiger charge is -2.54. The van der Waals surface area contributed by atoms with Crippen molar-refractivity contribution >= 4 is 94.4 Å². The molecule has 1 aromatic heterocycles. The largest absolute Gasteiger partial charge is 0.335 e. The van der Waals surface area contributed by atoms with E-state index in [2.05, 4.69) is 247 Å². The lowest BCUT2D eigenvalue weighted by molar-refractivity contribution is 0.194. The Morgan fingerprint density at radius 1 is 0.443 bits per heavy atom. The molecule has 404 valence electrons. The van der Waals surface area contributed by atoms with Gasteiger partial charge in [-0.05, 0) is 177 Å². The fourth-order valence-electron chi connectivity index (χ4n) is 16.6. The fourth-order valence-corrected chi connectivity index (χ4v) is 17.7. The lowest BCUT2D eigenvalue weighted by Crippen LogP contribution is -2.65. The molecule has 2 fully saturated rings. The van der Waals surface area contributed by atoms with Gasteiger partial charge in [0.2, 0.25) is 0 Å². The molecule has 79 heavy (non-hydrogen) atoms. The number of thiophene rings is 1. The minimum atomic E-state index is -0.138. The van der Waals surface area contributed by atoms with Gasteiger partial charge in [-0.3, -0.25) is 0 Å². The van der Waals surface area contributed by atoms with Crippen molar-refractivity contribution in [2.75, 3.05) is 14.7 Å². The molecule has 0 saturated heterocycles. The first kappa shape index (κ1) is 51.4. The Morgan fingerprint density at radius 3 is 1.63 bits per heavy atom. The van der Waals surface area contributed by atoms with Gasteiger partial charge >= 0.3 is 0 Å². The van der Waals surface area contributed by atoms with Crippen LogP contribution in [0, 0.1) is 0 Å². The van der Waals surface area contributed by atoms with E-state index < -0.39 is 0 Å². The average molecular weight is 1060 g/mol. The van der Waals surface area contributed by atoms with Crippen LogP contribution >= 0.6 is 11.3 Å². The Hall–Kier alpha value is -5.78. The van der Waals surface area contributed by atoms with Crippen molar-refractivity contribution < 1.29 is 0 Å². The molecule has 3 nitrogen and oxygen atoms in total. The molecule has 0 bridgehead atoms. The van der Waals surface area contributed by atoms with Crippen molar-refractivity contribution in [1.82, 2.24) is 0 Å². The highest BCUT2D eigenvalue weighted by Gasteiger charge is 2.63. The van der Waals surface area contributed by atoms with Gasteiger partial charge in [0.05, 0.1) is 16.8 Å². The summed E-state index contributed by atoms with van der Waals surface area (Å²) < 4.78 is 2.74. The lowest BCUT2D eigenvalue weighted by atomic mass is 9.32. The van der Waals surface area contributed by atoms with Crippen molar-refractivity contribution in [3.05, 3.63) is 155 Å². The summed E-state index contributed by atoms with van der Waals surface area (Å²) in [6, 6.07) is 49.7. The smallest absolute Gasteiger partial charge is 0.253 e. The van der Waals surface area contributed by atoms with Crippen LogP contribution in [0.1, 0.15) is 196 Å². The molecule has 4 aliphatic heterocycles. The Bertz CT molecular complexity index is 3890. The van der Waals surface area contributed by atoms with Gasteiger partial charge < -0.3 is 14.7 Å². The van der Waals surface area contributed by atoms with Gasteiger partial charge in [-0.2, -0.15) is 0 Å². The number of anilines is 7. The second-order valence-corrected chi connectivity index (χ2v) is 31.5. The molecule has 6 aliphatic rings. The Balaban J connectivity index is 1.18. The van der Waals surface area contributed by atoms with Crippen molar-refractivity contribution in [3.63, 3.8) is 0 Å². The standard InChI is InChI=1S/C74H84BN3S/c1-67(2,3)46-26-29-56(51(38-46)45-24-18-17-19-25-45)76-58-31-33-62-63(52-39-47(68(4,5)6)28-32-61(52)79-62)65(58)75-55-42-49(70(10,11)12)41-54-66(55)78(74(16)37-23-21-35-72(54,74)14)60-44-50(43-59(76)64(60)75)77-57-30-27-48(69(7,8)9)40-53(57)71(13)34-20-22-36-73(71,77)15/h17-19,24-33,38-44H,20-23,34-37H2,1-16H3. The molecule has 0 spiro atoms. The highest BCUT2D eigenvalue weighted by atomic mass is 32.1. The van der Waals surface area contributed by atoms with Crippen molar-refractivity contribution in [2.24, 2.45) is 0 Å². The topological polar surface area (TPSA) is 9.72 Å². The van der Waals surface area contributed by atoms with E-state index in [4.69, 9.17) is 0 Å². The molecule has 5 heterocycles. The summed E-state index contributed by atoms with van der Waals surface area (Å²) in [6.45, 7) is 39.4. The van der Waals surface area contributed by atoms with E-state index in [-0.39, 0.29) is 50.3 Å². The average Bonchev–Trinajstić information content (AvgIpc) is 2.00. The van der Waals surface area contributed by atoms with Gasteiger partial charge in [-0.15, -0.1) is 11.3 Å². The summed E-state index contributed by atoms with van der Waals surface area (Å²) in [7, 11) is 0. The third-order valence-corrected chi connectivity index (χ3v) is 22.9. The van der Waals surface area contributed by atoms with Gasteiger partial charge in [0.25, 0.3) is 6.71 Å². The molecule has 0 N–H and O–H groups in total. The van der Waals surface area contributed by atoms with E-state index in [1.165, 1.54) is 154 Å². The molecule has 4 unspecified atom stereocenters. The van der Waals surface area contributed by atoms with Crippen LogP contribution in [-0.2, 0) is 32.5 Å². The van der Waals surface area contributed by atoms with Crippen LogP contribution in [0.25, 0.3) is 31.3 Å². The second kappa shape index (κ2) is 16.5. The molecule has 8 aromatic rings. The highest BCUT2D eigenvalue weighted by molar-refractivity contribution is 7.26. The number of rotatable bonds is 3.